The van der Waals surface area contributed by atoms with Crippen LogP contribution in [-0.4, -0.2) is 11.1 Å². The van der Waals surface area contributed by atoms with Gasteiger partial charge in [0.05, 0.1) is 22.0 Å². The molecule has 0 spiro atoms. The lowest BCUT2D eigenvalue weighted by atomic mass is 10.2. The van der Waals surface area contributed by atoms with Crippen LogP contribution in [0.25, 0.3) is 0 Å². The van der Waals surface area contributed by atoms with E-state index in [1.165, 1.54) is 0 Å². The van der Waals surface area contributed by atoms with Gasteiger partial charge in [0.25, 0.3) is 5.91 Å². The van der Waals surface area contributed by atoms with Crippen LogP contribution in [0.5, 0.6) is 5.75 Å². The third kappa shape index (κ3) is 5.73. The van der Waals surface area contributed by atoms with Crippen molar-refractivity contribution in [2.24, 2.45) is 0 Å². The van der Waals surface area contributed by atoms with Crippen molar-refractivity contribution in [1.82, 2.24) is 5.16 Å². The molecule has 0 unspecified atom stereocenters. The molecule has 1 aromatic heterocycles. The molecule has 0 fully saturated rings. The minimum absolute atomic E-state index is 0.251. The van der Waals surface area contributed by atoms with Crippen LogP contribution in [0.15, 0.2) is 77.3 Å². The van der Waals surface area contributed by atoms with Crippen LogP contribution >= 0.6 is 11.6 Å². The number of nitrogens with zero attached hydrogens (tertiary/aromatic N) is 1. The zero-order valence-electron chi connectivity index (χ0n) is 18.4. The average Bonchev–Trinajstić information content (AvgIpc) is 3.15. The number of hydrogen-bond donors (Lipinski definition) is 2. The number of benzene rings is 3. The summed E-state index contributed by atoms with van der Waals surface area (Å²) in [6, 6.07) is 22.5. The Labute approximate surface area is 197 Å². The summed E-state index contributed by atoms with van der Waals surface area (Å²) in [5, 5.41) is 10.6. The van der Waals surface area contributed by atoms with Crippen molar-refractivity contribution in [3.05, 3.63) is 106 Å². The Bertz CT molecular complexity index is 1240. The Hall–Kier alpha value is -3.77. The van der Waals surface area contributed by atoms with Gasteiger partial charge in [0.1, 0.15) is 18.1 Å². The lowest BCUT2D eigenvalue weighted by Crippen LogP contribution is -2.12. The summed E-state index contributed by atoms with van der Waals surface area (Å²) >= 11 is 6.42. The number of nitrogens with one attached hydrogen (secondary N) is 2. The van der Waals surface area contributed by atoms with Gasteiger partial charge in [-0.15, -0.1) is 0 Å². The summed E-state index contributed by atoms with van der Waals surface area (Å²) in [6.45, 7) is 4.69. The maximum Gasteiger partial charge on any atom is 0.255 e. The quantitative estimate of drug-likeness (QED) is 0.318. The van der Waals surface area contributed by atoms with E-state index in [9.17, 15) is 4.79 Å². The Kier molecular flexibility index (Phi) is 6.95. The van der Waals surface area contributed by atoms with Gasteiger partial charge in [0, 0.05) is 17.8 Å². The second kappa shape index (κ2) is 10.2. The topological polar surface area (TPSA) is 76.4 Å². The number of aromatic nitrogens is 1. The lowest BCUT2D eigenvalue weighted by molar-refractivity contribution is 0.102. The summed E-state index contributed by atoms with van der Waals surface area (Å²) in [5.74, 6) is 1.06. The van der Waals surface area contributed by atoms with E-state index in [1.807, 2.05) is 56.3 Å². The van der Waals surface area contributed by atoms with E-state index >= 15 is 0 Å². The molecule has 6 nitrogen and oxygen atoms in total. The van der Waals surface area contributed by atoms with Crippen LogP contribution < -0.4 is 15.4 Å². The number of carbonyl (C=O) groups is 1. The van der Waals surface area contributed by atoms with E-state index in [0.717, 1.165) is 28.3 Å². The first-order valence-corrected chi connectivity index (χ1v) is 10.9. The number of rotatable bonds is 8. The molecule has 7 heteroatoms. The Morgan fingerprint density at radius 1 is 1.03 bits per heavy atom. The monoisotopic (exact) mass is 461 g/mol. The van der Waals surface area contributed by atoms with E-state index in [4.69, 9.17) is 20.9 Å². The van der Waals surface area contributed by atoms with Crippen molar-refractivity contribution in [2.45, 2.75) is 27.0 Å². The highest BCUT2D eigenvalue weighted by Crippen LogP contribution is 2.27. The fourth-order valence-electron chi connectivity index (χ4n) is 3.32. The second-order valence-electron chi connectivity index (χ2n) is 7.61. The molecule has 0 aliphatic rings. The third-order valence-electron chi connectivity index (χ3n) is 5.21. The van der Waals surface area contributed by atoms with Gasteiger partial charge in [-0.25, -0.2) is 0 Å². The Morgan fingerprint density at radius 3 is 2.58 bits per heavy atom. The number of amides is 1. The first-order valence-electron chi connectivity index (χ1n) is 10.5. The van der Waals surface area contributed by atoms with Gasteiger partial charge in [-0.3, -0.25) is 4.79 Å². The zero-order valence-corrected chi connectivity index (χ0v) is 19.1. The molecule has 0 atom stereocenters. The van der Waals surface area contributed by atoms with Gasteiger partial charge in [-0.1, -0.05) is 53.2 Å². The summed E-state index contributed by atoms with van der Waals surface area (Å²) in [4.78, 5) is 12.8. The van der Waals surface area contributed by atoms with Crippen LogP contribution in [0.1, 0.15) is 32.9 Å². The Morgan fingerprint density at radius 2 is 1.85 bits per heavy atom. The van der Waals surface area contributed by atoms with E-state index in [0.29, 0.717) is 35.2 Å². The lowest BCUT2D eigenvalue weighted by Gasteiger charge is -2.12. The molecule has 0 bridgehead atoms. The molecule has 33 heavy (non-hydrogen) atoms. The minimum atomic E-state index is -0.251. The van der Waals surface area contributed by atoms with Crippen molar-refractivity contribution in [2.75, 3.05) is 10.6 Å². The van der Waals surface area contributed by atoms with E-state index in [-0.39, 0.29) is 5.91 Å². The van der Waals surface area contributed by atoms with Gasteiger partial charge in [-0.05, 0) is 55.8 Å². The highest BCUT2D eigenvalue weighted by molar-refractivity contribution is 6.33. The molecule has 0 saturated carbocycles. The fraction of sp³-hybridized carbons (Fsp3) is 0.154. The Balaban J connectivity index is 1.37. The molecule has 3 aromatic carbocycles. The van der Waals surface area contributed by atoms with Crippen LogP contribution in [-0.2, 0) is 13.2 Å². The maximum atomic E-state index is 12.8. The highest BCUT2D eigenvalue weighted by atomic mass is 35.5. The molecule has 0 aliphatic heterocycles. The van der Waals surface area contributed by atoms with E-state index in [2.05, 4.69) is 15.8 Å². The number of carbonyl (C=O) groups excluding carboxylic acids is 1. The number of ether oxygens (including phenoxy) is 1. The van der Waals surface area contributed by atoms with Crippen molar-refractivity contribution >= 4 is 28.9 Å². The molecular weight excluding hydrogens is 438 g/mol. The van der Waals surface area contributed by atoms with E-state index in [1.54, 1.807) is 30.3 Å². The van der Waals surface area contributed by atoms with Crippen molar-refractivity contribution in [3.8, 4) is 5.75 Å². The molecule has 4 aromatic rings. The molecule has 4 rings (SSSR count). The number of halogens is 1. The highest BCUT2D eigenvalue weighted by Gasteiger charge is 2.12. The predicted molar refractivity (Wildman–Crippen MR) is 130 cm³/mol. The van der Waals surface area contributed by atoms with E-state index < -0.39 is 0 Å². The van der Waals surface area contributed by atoms with Crippen molar-refractivity contribution in [1.29, 1.82) is 0 Å². The third-order valence-corrected chi connectivity index (χ3v) is 5.53. The molecular formula is C26H24ClN3O3. The van der Waals surface area contributed by atoms with Gasteiger partial charge in [-0.2, -0.15) is 0 Å². The van der Waals surface area contributed by atoms with Crippen LogP contribution in [0.4, 0.5) is 11.4 Å². The predicted octanol–water partition coefficient (Wildman–Crippen LogP) is 6.39. The summed E-state index contributed by atoms with van der Waals surface area (Å²) in [6.07, 6.45) is 0. The molecule has 0 aliphatic carbocycles. The van der Waals surface area contributed by atoms with Crippen molar-refractivity contribution in [3.63, 3.8) is 0 Å². The first kappa shape index (κ1) is 22.4. The normalized spacial score (nSPS) is 10.6. The van der Waals surface area contributed by atoms with Crippen molar-refractivity contribution < 1.29 is 14.1 Å². The molecule has 0 saturated heterocycles. The molecule has 168 valence electrons. The number of aryl methyl sites for hydroxylation is 2. The van der Waals surface area contributed by atoms with Crippen LogP contribution in [0.2, 0.25) is 5.02 Å². The summed E-state index contributed by atoms with van der Waals surface area (Å²) in [5.41, 5.74) is 4.74. The van der Waals surface area contributed by atoms with Gasteiger partial charge >= 0.3 is 0 Å². The average molecular weight is 462 g/mol. The fourth-order valence-corrected chi connectivity index (χ4v) is 3.57. The molecule has 2 N–H and O–H groups in total. The summed E-state index contributed by atoms with van der Waals surface area (Å²) in [7, 11) is 0. The zero-order chi connectivity index (χ0) is 23.2. The van der Waals surface area contributed by atoms with Gasteiger partial charge in [0.2, 0.25) is 0 Å². The van der Waals surface area contributed by atoms with Gasteiger partial charge in [0.15, 0.2) is 0 Å². The number of anilines is 2. The second-order valence-corrected chi connectivity index (χ2v) is 8.01. The molecule has 0 radical (unpaired) electrons. The van der Waals surface area contributed by atoms with Gasteiger partial charge < -0.3 is 19.9 Å². The first-order chi connectivity index (χ1) is 16.0. The SMILES string of the molecule is Cc1noc(C)c1COc1cccc(C(=O)Nc2ccc(NCc3ccccc3)c(Cl)c2)c1. The summed E-state index contributed by atoms with van der Waals surface area (Å²) < 4.78 is 11.0. The standard InChI is InChI=1S/C26H24ClN3O3/c1-17-23(18(2)33-30-17)16-32-22-10-6-9-20(13-22)26(31)29-21-11-12-25(24(27)14-21)28-15-19-7-4-3-5-8-19/h3-14,28H,15-16H2,1-2H3,(H,29,31). The maximum absolute atomic E-state index is 12.8. The number of hydrogen-bond acceptors (Lipinski definition) is 5. The minimum Gasteiger partial charge on any atom is -0.489 e. The van der Waals surface area contributed by atoms with Crippen LogP contribution in [0, 0.1) is 13.8 Å². The molecule has 1 amide bonds. The smallest absolute Gasteiger partial charge is 0.255 e. The molecule has 1 heterocycles. The van der Waals surface area contributed by atoms with Crippen LogP contribution in [0.3, 0.4) is 0 Å². The largest absolute Gasteiger partial charge is 0.489 e.